The number of carbonyl (C=O) groups excluding carboxylic acids is 2. The summed E-state index contributed by atoms with van der Waals surface area (Å²) in [5, 5.41) is 0. The quantitative estimate of drug-likeness (QED) is 0.621. The van der Waals surface area contributed by atoms with Gasteiger partial charge in [-0.3, -0.25) is 0 Å². The first kappa shape index (κ1) is 16.8. The molecule has 0 saturated carbocycles. The number of ether oxygens (including phenoxy) is 4. The third kappa shape index (κ3) is 3.34. The molecule has 0 aliphatic carbocycles. The van der Waals surface area contributed by atoms with E-state index < -0.39 is 42.6 Å². The first-order chi connectivity index (χ1) is 12.6. The maximum Gasteiger partial charge on any atom is 0.338 e. The van der Waals surface area contributed by atoms with Gasteiger partial charge >= 0.3 is 11.9 Å². The number of hydrogen-bond donors (Lipinski definition) is 0. The van der Waals surface area contributed by atoms with E-state index in [2.05, 4.69) is 0 Å². The van der Waals surface area contributed by atoms with Crippen LogP contribution in [-0.2, 0) is 18.9 Å². The predicted molar refractivity (Wildman–Crippen MR) is 90.5 cm³/mol. The van der Waals surface area contributed by atoms with Gasteiger partial charge in [-0.25, -0.2) is 9.59 Å². The third-order valence-corrected chi connectivity index (χ3v) is 4.45. The van der Waals surface area contributed by atoms with Gasteiger partial charge in [-0.1, -0.05) is 36.4 Å². The van der Waals surface area contributed by atoms with Crippen LogP contribution >= 0.6 is 0 Å². The monoisotopic (exact) mass is 354 g/mol. The second-order valence-electron chi connectivity index (χ2n) is 6.28. The number of carbonyl (C=O) groups is 2. The van der Waals surface area contributed by atoms with Crippen molar-refractivity contribution in [1.29, 1.82) is 0 Å². The molecule has 2 fully saturated rings. The summed E-state index contributed by atoms with van der Waals surface area (Å²) in [6.45, 7) is 1.77. The minimum absolute atomic E-state index is 0.423. The van der Waals surface area contributed by atoms with Crippen molar-refractivity contribution in [1.82, 2.24) is 0 Å². The molecule has 26 heavy (non-hydrogen) atoms. The standard InChI is InChI=1S/C20H18O6/c1-12-15(24-18(21)13-8-4-2-5-9-13)16(17-20(23-12)26-17)25-19(22)14-10-6-3-7-11-14/h2-12,15-17,20H,1H3/t12-,15+,16+,17-,20+/m1/s1. The Hall–Kier alpha value is -2.70. The normalized spacial score (nSPS) is 29.3. The zero-order valence-electron chi connectivity index (χ0n) is 14.1. The fourth-order valence-electron chi connectivity index (χ4n) is 3.02. The van der Waals surface area contributed by atoms with E-state index in [-0.39, 0.29) is 0 Å². The van der Waals surface area contributed by atoms with Gasteiger partial charge in [0.05, 0.1) is 17.2 Å². The lowest BCUT2D eigenvalue weighted by Gasteiger charge is -2.32. The molecule has 0 spiro atoms. The van der Waals surface area contributed by atoms with Gasteiger partial charge in [-0.05, 0) is 31.2 Å². The highest BCUT2D eigenvalue weighted by atomic mass is 16.8. The van der Waals surface area contributed by atoms with Crippen molar-refractivity contribution in [3.8, 4) is 0 Å². The Labute approximate surface area is 150 Å². The van der Waals surface area contributed by atoms with Crippen molar-refractivity contribution in [3.05, 3.63) is 71.8 Å². The average molecular weight is 354 g/mol. The molecule has 0 aromatic heterocycles. The SMILES string of the molecule is C[C@H]1O[C@H]2O[C@@H]2[C@@H](OC(=O)c2ccccc2)[C@H]1OC(=O)c1ccccc1. The smallest absolute Gasteiger partial charge is 0.338 e. The highest BCUT2D eigenvalue weighted by Gasteiger charge is 2.59. The minimum atomic E-state index is -0.751. The van der Waals surface area contributed by atoms with Crippen LogP contribution < -0.4 is 0 Å². The lowest BCUT2D eigenvalue weighted by Crippen LogP contribution is -2.50. The number of fused-ring (bicyclic) bond motifs is 1. The van der Waals surface area contributed by atoms with Gasteiger partial charge in [-0.15, -0.1) is 0 Å². The summed E-state index contributed by atoms with van der Waals surface area (Å²) in [5.74, 6) is -0.981. The third-order valence-electron chi connectivity index (χ3n) is 4.45. The molecular formula is C20H18O6. The van der Waals surface area contributed by atoms with E-state index in [1.165, 1.54) is 0 Å². The molecule has 134 valence electrons. The molecule has 2 aromatic rings. The van der Waals surface area contributed by atoms with Crippen LogP contribution in [-0.4, -0.2) is 42.6 Å². The zero-order chi connectivity index (χ0) is 18.1. The van der Waals surface area contributed by atoms with Crippen molar-refractivity contribution >= 4 is 11.9 Å². The summed E-state index contributed by atoms with van der Waals surface area (Å²) in [6.07, 6.45) is -2.78. The molecule has 5 atom stereocenters. The van der Waals surface area contributed by atoms with Crippen LogP contribution in [0.15, 0.2) is 60.7 Å². The average Bonchev–Trinajstić information content (AvgIpc) is 3.44. The van der Waals surface area contributed by atoms with Gasteiger partial charge in [0.2, 0.25) is 0 Å². The summed E-state index contributed by atoms with van der Waals surface area (Å²) in [6, 6.07) is 17.3. The fraction of sp³-hybridized carbons (Fsp3) is 0.300. The van der Waals surface area contributed by atoms with Crippen LogP contribution in [0.25, 0.3) is 0 Å². The van der Waals surface area contributed by atoms with E-state index in [0.717, 1.165) is 0 Å². The van der Waals surface area contributed by atoms with E-state index in [0.29, 0.717) is 11.1 Å². The lowest BCUT2D eigenvalue weighted by atomic mass is 10.0. The first-order valence-electron chi connectivity index (χ1n) is 8.46. The number of benzene rings is 2. The van der Waals surface area contributed by atoms with Crippen LogP contribution in [0.1, 0.15) is 27.6 Å². The van der Waals surface area contributed by atoms with E-state index in [1.54, 1.807) is 55.5 Å². The van der Waals surface area contributed by atoms with Gasteiger partial charge in [0, 0.05) is 0 Å². The number of hydrogen-bond acceptors (Lipinski definition) is 6. The molecule has 6 heteroatoms. The Morgan fingerprint density at radius 1 is 0.769 bits per heavy atom. The molecule has 6 nitrogen and oxygen atoms in total. The summed E-state index contributed by atoms with van der Waals surface area (Å²) in [5.41, 5.74) is 0.851. The summed E-state index contributed by atoms with van der Waals surface area (Å²) in [4.78, 5) is 24.8. The Kier molecular flexibility index (Phi) is 4.44. The van der Waals surface area contributed by atoms with Crippen LogP contribution in [0.2, 0.25) is 0 Å². The second-order valence-corrected chi connectivity index (χ2v) is 6.28. The van der Waals surface area contributed by atoms with E-state index in [1.807, 2.05) is 12.1 Å². The Morgan fingerprint density at radius 2 is 1.27 bits per heavy atom. The molecule has 0 N–H and O–H groups in total. The van der Waals surface area contributed by atoms with E-state index in [4.69, 9.17) is 18.9 Å². The van der Waals surface area contributed by atoms with Crippen LogP contribution in [0, 0.1) is 0 Å². The largest absolute Gasteiger partial charge is 0.452 e. The van der Waals surface area contributed by atoms with Gasteiger partial charge in [0.1, 0.15) is 0 Å². The summed E-state index contributed by atoms with van der Waals surface area (Å²) in [7, 11) is 0. The maximum absolute atomic E-state index is 12.4. The van der Waals surface area contributed by atoms with Crippen LogP contribution in [0.5, 0.6) is 0 Å². The fourth-order valence-corrected chi connectivity index (χ4v) is 3.02. The van der Waals surface area contributed by atoms with Crippen molar-refractivity contribution in [3.63, 3.8) is 0 Å². The van der Waals surface area contributed by atoms with Gasteiger partial charge in [-0.2, -0.15) is 0 Å². The number of epoxide rings is 1. The molecule has 2 aliphatic heterocycles. The first-order valence-corrected chi connectivity index (χ1v) is 8.46. The molecular weight excluding hydrogens is 336 g/mol. The van der Waals surface area contributed by atoms with Crippen LogP contribution in [0.4, 0.5) is 0 Å². The van der Waals surface area contributed by atoms with Gasteiger partial charge in [0.25, 0.3) is 0 Å². The van der Waals surface area contributed by atoms with Crippen molar-refractivity contribution in [2.75, 3.05) is 0 Å². The summed E-state index contributed by atoms with van der Waals surface area (Å²) >= 11 is 0. The van der Waals surface area contributed by atoms with Crippen molar-refractivity contribution < 1.29 is 28.5 Å². The van der Waals surface area contributed by atoms with Crippen molar-refractivity contribution in [2.45, 2.75) is 37.6 Å². The Bertz CT molecular complexity index is 737. The Morgan fingerprint density at radius 3 is 1.81 bits per heavy atom. The summed E-state index contributed by atoms with van der Waals surface area (Å²) < 4.78 is 22.3. The van der Waals surface area contributed by atoms with E-state index in [9.17, 15) is 9.59 Å². The molecule has 0 amide bonds. The molecule has 2 aromatic carbocycles. The molecule has 0 unspecified atom stereocenters. The zero-order valence-corrected chi connectivity index (χ0v) is 14.1. The van der Waals surface area contributed by atoms with Crippen LogP contribution in [0.3, 0.4) is 0 Å². The number of rotatable bonds is 4. The van der Waals surface area contributed by atoms with Gasteiger partial charge in [0.15, 0.2) is 24.6 Å². The number of esters is 2. The van der Waals surface area contributed by atoms with Gasteiger partial charge < -0.3 is 18.9 Å². The maximum atomic E-state index is 12.4. The topological polar surface area (TPSA) is 74.4 Å². The highest BCUT2D eigenvalue weighted by Crippen LogP contribution is 2.39. The highest BCUT2D eigenvalue weighted by molar-refractivity contribution is 5.90. The van der Waals surface area contributed by atoms with E-state index >= 15 is 0 Å². The molecule has 2 saturated heterocycles. The molecule has 4 rings (SSSR count). The lowest BCUT2D eigenvalue weighted by molar-refractivity contribution is -0.130. The molecule has 0 radical (unpaired) electrons. The predicted octanol–water partition coefficient (Wildman–Crippen LogP) is 2.58. The molecule has 2 heterocycles. The molecule has 2 aliphatic rings. The van der Waals surface area contributed by atoms with Crippen molar-refractivity contribution in [2.24, 2.45) is 0 Å². The Balaban J connectivity index is 1.51. The second kappa shape index (κ2) is 6.90. The minimum Gasteiger partial charge on any atom is -0.452 e. The molecule has 0 bridgehead atoms.